The highest BCUT2D eigenvalue weighted by Crippen LogP contribution is 2.47. The van der Waals surface area contributed by atoms with Crippen molar-refractivity contribution in [1.82, 2.24) is 0 Å². The predicted molar refractivity (Wildman–Crippen MR) is 55.5 cm³/mol. The molecule has 2 aliphatic rings. The van der Waals surface area contributed by atoms with E-state index in [2.05, 4.69) is 0 Å². The molecule has 1 spiro atoms. The fraction of sp³-hybridized carbons (Fsp3) is 0.833. The second kappa shape index (κ2) is 3.95. The topological polar surface area (TPSA) is 54.4 Å². The molecule has 2 fully saturated rings. The van der Waals surface area contributed by atoms with Crippen molar-refractivity contribution >= 4 is 11.8 Å². The number of carboxylic acids is 1. The summed E-state index contributed by atoms with van der Waals surface area (Å²) in [6, 6.07) is 0. The van der Waals surface area contributed by atoms with E-state index in [1.165, 1.54) is 19.3 Å². The van der Waals surface area contributed by atoms with Gasteiger partial charge >= 0.3 is 5.97 Å². The Kier molecular flexibility index (Phi) is 2.81. The number of aliphatic carboxylic acids is 1. The average molecular weight is 210 g/mol. The van der Waals surface area contributed by atoms with Gasteiger partial charge in [-0.1, -0.05) is 19.3 Å². The van der Waals surface area contributed by atoms with Crippen LogP contribution in [0.3, 0.4) is 0 Å². The molecule has 0 aromatic heterocycles. The molecular weight excluding hydrogens is 192 g/mol. The molecule has 0 aromatic rings. The van der Waals surface area contributed by atoms with Gasteiger partial charge in [0.15, 0.2) is 0 Å². The molecule has 2 saturated carbocycles. The van der Waals surface area contributed by atoms with E-state index in [0.717, 1.165) is 19.3 Å². The molecule has 0 bridgehead atoms. The van der Waals surface area contributed by atoms with Crippen molar-refractivity contribution in [2.45, 2.75) is 51.4 Å². The zero-order valence-corrected chi connectivity index (χ0v) is 9.00. The number of carbonyl (C=O) groups excluding carboxylic acids is 1. The zero-order valence-electron chi connectivity index (χ0n) is 9.00. The first-order chi connectivity index (χ1) is 7.13. The van der Waals surface area contributed by atoms with Gasteiger partial charge in [0.2, 0.25) is 0 Å². The van der Waals surface area contributed by atoms with Crippen molar-refractivity contribution in [3.63, 3.8) is 0 Å². The van der Waals surface area contributed by atoms with Gasteiger partial charge in [0.1, 0.15) is 11.7 Å². The number of carbonyl (C=O) groups is 2. The van der Waals surface area contributed by atoms with E-state index in [1.807, 2.05) is 0 Å². The largest absolute Gasteiger partial charge is 0.481 e. The minimum absolute atomic E-state index is 0.0318. The maximum Gasteiger partial charge on any atom is 0.314 e. The van der Waals surface area contributed by atoms with Crippen LogP contribution in [0.25, 0.3) is 0 Å². The van der Waals surface area contributed by atoms with Crippen molar-refractivity contribution in [1.29, 1.82) is 0 Å². The van der Waals surface area contributed by atoms with Crippen LogP contribution in [0.5, 0.6) is 0 Å². The summed E-state index contributed by atoms with van der Waals surface area (Å²) in [4.78, 5) is 22.5. The molecule has 0 saturated heterocycles. The Labute approximate surface area is 89.9 Å². The lowest BCUT2D eigenvalue weighted by atomic mass is 9.63. The third-order valence-electron chi connectivity index (χ3n) is 4.11. The molecule has 84 valence electrons. The molecule has 2 aliphatic carbocycles. The van der Waals surface area contributed by atoms with Gasteiger partial charge in [-0.2, -0.15) is 0 Å². The summed E-state index contributed by atoms with van der Waals surface area (Å²) in [5.41, 5.74) is 0.182. The number of ketones is 1. The van der Waals surface area contributed by atoms with Gasteiger partial charge in [-0.15, -0.1) is 0 Å². The summed E-state index contributed by atoms with van der Waals surface area (Å²) >= 11 is 0. The maximum atomic E-state index is 11.7. The lowest BCUT2D eigenvalue weighted by molar-refractivity contribution is -0.149. The first kappa shape index (κ1) is 10.7. The fourth-order valence-electron chi connectivity index (χ4n) is 3.18. The Morgan fingerprint density at radius 2 is 1.87 bits per heavy atom. The molecule has 3 nitrogen and oxygen atoms in total. The van der Waals surface area contributed by atoms with Gasteiger partial charge in [-0.3, -0.25) is 9.59 Å². The summed E-state index contributed by atoms with van der Waals surface area (Å²) in [5.74, 6) is -1.67. The molecule has 0 amide bonds. The summed E-state index contributed by atoms with van der Waals surface area (Å²) in [7, 11) is 0. The van der Waals surface area contributed by atoms with Crippen LogP contribution in [0.4, 0.5) is 0 Å². The highest BCUT2D eigenvalue weighted by Gasteiger charge is 2.42. The molecule has 0 aliphatic heterocycles. The van der Waals surface area contributed by atoms with Crippen molar-refractivity contribution in [2.24, 2.45) is 11.3 Å². The molecule has 2 rings (SSSR count). The first-order valence-electron chi connectivity index (χ1n) is 5.89. The lowest BCUT2D eigenvalue weighted by Crippen LogP contribution is -2.38. The molecule has 1 atom stereocenters. The standard InChI is InChI=1S/C12H18O3/c13-10-8-12(5-2-1-3-6-12)7-4-9(10)11(14)15/h9H,1-8H2,(H,14,15). The zero-order chi connectivity index (χ0) is 10.9. The molecule has 1 unspecified atom stereocenters. The second-order valence-electron chi connectivity index (χ2n) is 5.13. The normalized spacial score (nSPS) is 30.4. The van der Waals surface area contributed by atoms with E-state index < -0.39 is 11.9 Å². The molecule has 0 radical (unpaired) electrons. The van der Waals surface area contributed by atoms with E-state index in [1.54, 1.807) is 0 Å². The van der Waals surface area contributed by atoms with Crippen LogP contribution in [-0.2, 0) is 9.59 Å². The van der Waals surface area contributed by atoms with E-state index in [-0.39, 0.29) is 11.2 Å². The monoisotopic (exact) mass is 210 g/mol. The van der Waals surface area contributed by atoms with Crippen LogP contribution in [-0.4, -0.2) is 16.9 Å². The van der Waals surface area contributed by atoms with Crippen molar-refractivity contribution in [3.8, 4) is 0 Å². The number of rotatable bonds is 1. The number of hydrogen-bond acceptors (Lipinski definition) is 2. The van der Waals surface area contributed by atoms with E-state index in [9.17, 15) is 9.59 Å². The van der Waals surface area contributed by atoms with E-state index in [4.69, 9.17) is 5.11 Å². The smallest absolute Gasteiger partial charge is 0.314 e. The van der Waals surface area contributed by atoms with Gasteiger partial charge in [0.05, 0.1) is 0 Å². The van der Waals surface area contributed by atoms with Gasteiger partial charge in [-0.25, -0.2) is 0 Å². The predicted octanol–water partition coefficient (Wildman–Crippen LogP) is 2.39. The Morgan fingerprint density at radius 3 is 2.40 bits per heavy atom. The van der Waals surface area contributed by atoms with E-state index in [0.29, 0.717) is 12.8 Å². The molecule has 0 heterocycles. The Morgan fingerprint density at radius 1 is 1.20 bits per heavy atom. The Bertz CT molecular complexity index is 277. The summed E-state index contributed by atoms with van der Waals surface area (Å²) in [5, 5.41) is 8.87. The quantitative estimate of drug-likeness (QED) is 0.676. The van der Waals surface area contributed by atoms with Crippen molar-refractivity contribution in [2.75, 3.05) is 0 Å². The third kappa shape index (κ3) is 2.06. The number of hydrogen-bond donors (Lipinski definition) is 1. The highest BCUT2D eigenvalue weighted by atomic mass is 16.4. The summed E-state index contributed by atoms with van der Waals surface area (Å²) in [6.07, 6.45) is 7.98. The average Bonchev–Trinajstić information content (AvgIpc) is 2.18. The molecule has 1 N–H and O–H groups in total. The number of carboxylic acid groups (broad SMARTS) is 1. The first-order valence-corrected chi connectivity index (χ1v) is 5.89. The number of Topliss-reactive ketones (excluding diaryl/α,β-unsaturated/α-hetero) is 1. The highest BCUT2D eigenvalue weighted by molar-refractivity contribution is 5.99. The van der Waals surface area contributed by atoms with Gasteiger partial charge in [0.25, 0.3) is 0 Å². The Hall–Kier alpha value is -0.860. The third-order valence-corrected chi connectivity index (χ3v) is 4.11. The van der Waals surface area contributed by atoms with E-state index >= 15 is 0 Å². The van der Waals surface area contributed by atoms with Gasteiger partial charge in [0, 0.05) is 6.42 Å². The van der Waals surface area contributed by atoms with Crippen LogP contribution >= 0.6 is 0 Å². The van der Waals surface area contributed by atoms with Gasteiger partial charge < -0.3 is 5.11 Å². The molecular formula is C12H18O3. The minimum atomic E-state index is -0.925. The van der Waals surface area contributed by atoms with Crippen LogP contribution in [0.2, 0.25) is 0 Å². The summed E-state index contributed by atoms with van der Waals surface area (Å²) < 4.78 is 0. The minimum Gasteiger partial charge on any atom is -0.481 e. The molecule has 3 heteroatoms. The molecule has 15 heavy (non-hydrogen) atoms. The van der Waals surface area contributed by atoms with Crippen LogP contribution in [0, 0.1) is 11.3 Å². The second-order valence-corrected chi connectivity index (χ2v) is 5.13. The van der Waals surface area contributed by atoms with Gasteiger partial charge in [-0.05, 0) is 31.1 Å². The molecule has 0 aromatic carbocycles. The maximum absolute atomic E-state index is 11.7. The lowest BCUT2D eigenvalue weighted by Gasteiger charge is -2.41. The fourth-order valence-corrected chi connectivity index (χ4v) is 3.18. The van der Waals surface area contributed by atoms with Crippen LogP contribution in [0.1, 0.15) is 51.4 Å². The van der Waals surface area contributed by atoms with Crippen LogP contribution < -0.4 is 0 Å². The van der Waals surface area contributed by atoms with Crippen LogP contribution in [0.15, 0.2) is 0 Å². The van der Waals surface area contributed by atoms with Crippen molar-refractivity contribution in [3.05, 3.63) is 0 Å². The SMILES string of the molecule is O=C(O)C1CCC2(CCCCC2)CC1=O. The van der Waals surface area contributed by atoms with Crippen molar-refractivity contribution < 1.29 is 14.7 Å². The summed E-state index contributed by atoms with van der Waals surface area (Å²) in [6.45, 7) is 0. The Balaban J connectivity index is 2.03.